The van der Waals surface area contributed by atoms with Crippen molar-refractivity contribution in [3.8, 4) is 5.75 Å². The van der Waals surface area contributed by atoms with Crippen molar-refractivity contribution in [3.63, 3.8) is 0 Å². The Balaban J connectivity index is 2.34. The molecule has 0 spiro atoms. The van der Waals surface area contributed by atoms with Gasteiger partial charge in [0, 0.05) is 6.54 Å². The van der Waals surface area contributed by atoms with Crippen molar-refractivity contribution in [1.29, 1.82) is 0 Å². The number of aryl methyl sites for hydroxylation is 1. The van der Waals surface area contributed by atoms with Gasteiger partial charge in [-0.25, -0.2) is 8.42 Å². The molecule has 1 aromatic rings. The van der Waals surface area contributed by atoms with Crippen molar-refractivity contribution in [2.24, 2.45) is 0 Å². The summed E-state index contributed by atoms with van der Waals surface area (Å²) in [7, 11) is -3.22. The summed E-state index contributed by atoms with van der Waals surface area (Å²) in [6.07, 6.45) is 0. The normalized spacial score (nSPS) is 12.0. The lowest BCUT2D eigenvalue weighted by Crippen LogP contribution is -2.37. The van der Waals surface area contributed by atoms with E-state index in [-0.39, 0.29) is 24.8 Å². The van der Waals surface area contributed by atoms with Gasteiger partial charge in [-0.2, -0.15) is 0 Å². The number of carbonyl (C=O) groups is 1. The summed E-state index contributed by atoms with van der Waals surface area (Å²) in [5, 5.41) is 2.55. The Morgan fingerprint density at radius 2 is 1.76 bits per heavy atom. The molecule has 1 aromatic carbocycles. The molecular formula is C15H23NO4S. The van der Waals surface area contributed by atoms with E-state index in [1.807, 2.05) is 19.1 Å². The molecule has 118 valence electrons. The predicted octanol–water partition coefficient (Wildman–Crippen LogP) is 1.70. The highest BCUT2D eigenvalue weighted by Gasteiger charge is 2.28. The Morgan fingerprint density at radius 1 is 1.19 bits per heavy atom. The molecule has 0 unspecified atom stereocenters. The molecule has 0 bridgehead atoms. The Bertz CT molecular complexity index is 571. The van der Waals surface area contributed by atoms with Gasteiger partial charge < -0.3 is 10.1 Å². The summed E-state index contributed by atoms with van der Waals surface area (Å²) >= 11 is 0. The molecule has 0 aliphatic rings. The molecule has 0 aliphatic carbocycles. The van der Waals surface area contributed by atoms with E-state index in [0.717, 1.165) is 5.56 Å². The van der Waals surface area contributed by atoms with Crippen LogP contribution in [0.3, 0.4) is 0 Å². The molecule has 5 nitrogen and oxygen atoms in total. The van der Waals surface area contributed by atoms with Crippen molar-refractivity contribution in [3.05, 3.63) is 29.8 Å². The molecule has 0 aliphatic heterocycles. The van der Waals surface area contributed by atoms with Gasteiger partial charge in [-0.15, -0.1) is 0 Å². The van der Waals surface area contributed by atoms with E-state index in [4.69, 9.17) is 4.74 Å². The molecular weight excluding hydrogens is 290 g/mol. The first-order chi connectivity index (χ1) is 9.62. The Kier molecular flexibility index (Phi) is 5.78. The zero-order chi connectivity index (χ0) is 16.1. The van der Waals surface area contributed by atoms with Crippen LogP contribution < -0.4 is 10.1 Å². The van der Waals surface area contributed by atoms with Gasteiger partial charge in [-0.05, 0) is 39.8 Å². The van der Waals surface area contributed by atoms with Gasteiger partial charge in [0.1, 0.15) is 5.75 Å². The first kappa shape index (κ1) is 17.5. The van der Waals surface area contributed by atoms with Crippen molar-refractivity contribution in [2.75, 3.05) is 18.9 Å². The second-order valence-electron chi connectivity index (χ2n) is 5.88. The molecule has 0 saturated carbocycles. The third kappa shape index (κ3) is 5.75. The SMILES string of the molecule is Cc1ccc(OCC(=O)NCCS(=O)(=O)C(C)(C)C)cc1. The second kappa shape index (κ2) is 6.93. The topological polar surface area (TPSA) is 72.5 Å². The largest absolute Gasteiger partial charge is 0.484 e. The molecule has 21 heavy (non-hydrogen) atoms. The lowest BCUT2D eigenvalue weighted by atomic mass is 10.2. The third-order valence-electron chi connectivity index (χ3n) is 3.02. The summed E-state index contributed by atoms with van der Waals surface area (Å²) < 4.78 is 28.2. The Morgan fingerprint density at radius 3 is 2.29 bits per heavy atom. The standard InChI is InChI=1S/C15H23NO4S/c1-12-5-7-13(8-6-12)20-11-14(17)16-9-10-21(18,19)15(2,3)4/h5-8H,9-11H2,1-4H3,(H,16,17). The van der Waals surface area contributed by atoms with Crippen LogP contribution in [0, 0.1) is 6.92 Å². The van der Waals surface area contributed by atoms with Crippen molar-refractivity contribution in [1.82, 2.24) is 5.32 Å². The van der Waals surface area contributed by atoms with Gasteiger partial charge in [0.2, 0.25) is 0 Å². The first-order valence-corrected chi connectivity index (χ1v) is 8.45. The number of ether oxygens (including phenoxy) is 1. The van der Waals surface area contributed by atoms with Crippen molar-refractivity contribution >= 4 is 15.7 Å². The van der Waals surface area contributed by atoms with E-state index in [1.54, 1.807) is 32.9 Å². The minimum atomic E-state index is -3.22. The lowest BCUT2D eigenvalue weighted by Gasteiger charge is -2.19. The number of hydrogen-bond acceptors (Lipinski definition) is 4. The van der Waals surface area contributed by atoms with E-state index in [9.17, 15) is 13.2 Å². The highest BCUT2D eigenvalue weighted by Crippen LogP contribution is 2.15. The van der Waals surface area contributed by atoms with Gasteiger partial charge in [0.25, 0.3) is 5.91 Å². The van der Waals surface area contributed by atoms with Crippen LogP contribution in [-0.2, 0) is 14.6 Å². The predicted molar refractivity (Wildman–Crippen MR) is 83.2 cm³/mol. The molecule has 1 amide bonds. The van der Waals surface area contributed by atoms with Gasteiger partial charge in [-0.3, -0.25) is 4.79 Å². The Hall–Kier alpha value is -1.56. The number of amides is 1. The maximum Gasteiger partial charge on any atom is 0.257 e. The fourth-order valence-electron chi connectivity index (χ4n) is 1.47. The zero-order valence-electron chi connectivity index (χ0n) is 13.0. The summed E-state index contributed by atoms with van der Waals surface area (Å²) in [6.45, 7) is 6.86. The smallest absolute Gasteiger partial charge is 0.257 e. The number of benzene rings is 1. The van der Waals surface area contributed by atoms with Crippen LogP contribution in [0.4, 0.5) is 0 Å². The molecule has 0 heterocycles. The lowest BCUT2D eigenvalue weighted by molar-refractivity contribution is -0.122. The fourth-order valence-corrected chi connectivity index (χ4v) is 2.45. The van der Waals surface area contributed by atoms with Gasteiger partial charge in [-0.1, -0.05) is 17.7 Å². The molecule has 0 saturated heterocycles. The summed E-state index contributed by atoms with van der Waals surface area (Å²) in [6, 6.07) is 7.35. The maximum absolute atomic E-state index is 11.9. The number of rotatable bonds is 6. The van der Waals surface area contributed by atoms with Crippen LogP contribution in [0.2, 0.25) is 0 Å². The van der Waals surface area contributed by atoms with E-state index >= 15 is 0 Å². The second-order valence-corrected chi connectivity index (χ2v) is 8.75. The fraction of sp³-hybridized carbons (Fsp3) is 0.533. The van der Waals surface area contributed by atoms with E-state index in [2.05, 4.69) is 5.32 Å². The van der Waals surface area contributed by atoms with Crippen LogP contribution in [0.15, 0.2) is 24.3 Å². The third-order valence-corrected chi connectivity index (χ3v) is 5.62. The Labute approximate surface area is 126 Å². The molecule has 1 N–H and O–H groups in total. The highest BCUT2D eigenvalue weighted by molar-refractivity contribution is 7.92. The molecule has 0 aromatic heterocycles. The van der Waals surface area contributed by atoms with Crippen molar-refractivity contribution in [2.45, 2.75) is 32.4 Å². The minimum Gasteiger partial charge on any atom is -0.484 e. The van der Waals surface area contributed by atoms with Crippen LogP contribution in [0.1, 0.15) is 26.3 Å². The summed E-state index contributed by atoms with van der Waals surface area (Å²) in [5.74, 6) is 0.199. The molecule has 0 atom stereocenters. The maximum atomic E-state index is 11.9. The number of carbonyl (C=O) groups excluding carboxylic acids is 1. The van der Waals surface area contributed by atoms with Gasteiger partial charge in [0.15, 0.2) is 16.4 Å². The first-order valence-electron chi connectivity index (χ1n) is 6.80. The number of hydrogen-bond donors (Lipinski definition) is 1. The monoisotopic (exact) mass is 313 g/mol. The highest BCUT2D eigenvalue weighted by atomic mass is 32.2. The zero-order valence-corrected chi connectivity index (χ0v) is 13.8. The molecule has 6 heteroatoms. The van der Waals surface area contributed by atoms with Crippen LogP contribution in [-0.4, -0.2) is 38.0 Å². The van der Waals surface area contributed by atoms with Crippen molar-refractivity contribution < 1.29 is 17.9 Å². The van der Waals surface area contributed by atoms with Crippen LogP contribution >= 0.6 is 0 Å². The average Bonchev–Trinajstić information content (AvgIpc) is 2.36. The summed E-state index contributed by atoms with van der Waals surface area (Å²) in [4.78, 5) is 11.6. The minimum absolute atomic E-state index is 0.0766. The molecule has 0 radical (unpaired) electrons. The van der Waals surface area contributed by atoms with E-state index in [1.165, 1.54) is 0 Å². The van der Waals surface area contributed by atoms with Crippen LogP contribution in [0.25, 0.3) is 0 Å². The molecule has 0 fully saturated rings. The number of sulfone groups is 1. The van der Waals surface area contributed by atoms with E-state index in [0.29, 0.717) is 5.75 Å². The summed E-state index contributed by atoms with van der Waals surface area (Å²) in [5.41, 5.74) is 1.11. The quantitative estimate of drug-likeness (QED) is 0.867. The van der Waals surface area contributed by atoms with E-state index < -0.39 is 14.6 Å². The number of nitrogens with one attached hydrogen (secondary N) is 1. The van der Waals surface area contributed by atoms with Gasteiger partial charge in [0.05, 0.1) is 10.5 Å². The van der Waals surface area contributed by atoms with Gasteiger partial charge >= 0.3 is 0 Å². The van der Waals surface area contributed by atoms with Crippen LogP contribution in [0.5, 0.6) is 5.75 Å². The average molecular weight is 313 g/mol. The molecule has 1 rings (SSSR count).